The van der Waals surface area contributed by atoms with Crippen LogP contribution in [-0.4, -0.2) is 0 Å². The first-order valence-electron chi connectivity index (χ1n) is 8.29. The fourth-order valence-corrected chi connectivity index (χ4v) is 2.11. The van der Waals surface area contributed by atoms with E-state index < -0.39 is 0 Å². The third-order valence-electron chi connectivity index (χ3n) is 3.30. The van der Waals surface area contributed by atoms with Gasteiger partial charge >= 0.3 is 26.2 Å². The van der Waals surface area contributed by atoms with Gasteiger partial charge in [0.05, 0.1) is 0 Å². The Kier molecular flexibility index (Phi) is 14.7. The Bertz CT molecular complexity index is 725. The van der Waals surface area contributed by atoms with Gasteiger partial charge in [0.1, 0.15) is 11.5 Å². The molecule has 0 aliphatic rings. The molecule has 0 bridgehead atoms. The van der Waals surface area contributed by atoms with Crippen LogP contribution in [0.5, 0.6) is 23.0 Å². The quantitative estimate of drug-likeness (QED) is 0.382. The smallest absolute Gasteiger partial charge is 1.00 e. The molecule has 0 unspecified atom stereocenters. The molecular weight excluding hydrogens is 482 g/mol. The number of halogens is 2. The SMILES string of the molecule is [Cl-].[Cl-].[Zr+4].[c-]1ccccc1Oc1ccccc1.[c-]1ccccc1Oc1ccccc1. The maximum Gasteiger partial charge on any atom is 4.00 e. The average molecular weight is 501 g/mol. The summed E-state index contributed by atoms with van der Waals surface area (Å²) in [4.78, 5) is 0. The second-order valence-corrected chi connectivity index (χ2v) is 5.28. The molecule has 144 valence electrons. The maximum absolute atomic E-state index is 5.52. The minimum absolute atomic E-state index is 0. The van der Waals surface area contributed by atoms with E-state index in [0.717, 1.165) is 23.0 Å². The molecule has 0 radical (unpaired) electrons. The molecule has 5 heteroatoms. The van der Waals surface area contributed by atoms with Crippen molar-refractivity contribution >= 4 is 0 Å². The summed E-state index contributed by atoms with van der Waals surface area (Å²) in [6.45, 7) is 0. The Morgan fingerprint density at radius 1 is 0.448 bits per heavy atom. The van der Waals surface area contributed by atoms with E-state index in [1.807, 2.05) is 109 Å². The third kappa shape index (κ3) is 10.3. The van der Waals surface area contributed by atoms with Gasteiger partial charge in [-0.25, -0.2) is 0 Å². The molecule has 4 rings (SSSR count). The predicted octanol–water partition coefficient (Wildman–Crippen LogP) is 0.564. The van der Waals surface area contributed by atoms with Crippen LogP contribution in [0.15, 0.2) is 109 Å². The normalized spacial score (nSPS) is 8.55. The Morgan fingerprint density at radius 2 is 0.793 bits per heavy atom. The van der Waals surface area contributed by atoms with Gasteiger partial charge in [-0.2, -0.15) is 36.4 Å². The van der Waals surface area contributed by atoms with Crippen molar-refractivity contribution in [1.29, 1.82) is 0 Å². The van der Waals surface area contributed by atoms with Crippen molar-refractivity contribution in [2.24, 2.45) is 0 Å². The van der Waals surface area contributed by atoms with Crippen LogP contribution in [0.2, 0.25) is 0 Å². The third-order valence-corrected chi connectivity index (χ3v) is 3.30. The molecule has 4 aromatic rings. The van der Waals surface area contributed by atoms with Crippen molar-refractivity contribution in [3.05, 3.63) is 121 Å². The molecule has 0 heterocycles. The van der Waals surface area contributed by atoms with E-state index in [4.69, 9.17) is 9.47 Å². The Morgan fingerprint density at radius 3 is 1.10 bits per heavy atom. The second-order valence-electron chi connectivity index (χ2n) is 5.28. The summed E-state index contributed by atoms with van der Waals surface area (Å²) in [7, 11) is 0. The van der Waals surface area contributed by atoms with Gasteiger partial charge in [-0.3, -0.25) is 0 Å². The van der Waals surface area contributed by atoms with E-state index in [9.17, 15) is 0 Å². The minimum Gasteiger partial charge on any atom is -1.00 e. The molecule has 0 amide bonds. The monoisotopic (exact) mass is 498 g/mol. The molecular formula is C24H18Cl2O2Zr. The Labute approximate surface area is 203 Å². The zero-order valence-electron chi connectivity index (χ0n) is 15.5. The van der Waals surface area contributed by atoms with E-state index in [0.29, 0.717) is 0 Å². The zero-order chi connectivity index (χ0) is 17.9. The first-order chi connectivity index (χ1) is 12.9. The van der Waals surface area contributed by atoms with E-state index in [2.05, 4.69) is 12.1 Å². The van der Waals surface area contributed by atoms with Crippen LogP contribution < -0.4 is 34.3 Å². The second kappa shape index (κ2) is 15.8. The van der Waals surface area contributed by atoms with Crippen molar-refractivity contribution in [2.45, 2.75) is 0 Å². The van der Waals surface area contributed by atoms with Crippen LogP contribution in [0.1, 0.15) is 0 Å². The van der Waals surface area contributed by atoms with Crippen molar-refractivity contribution in [1.82, 2.24) is 0 Å². The number of para-hydroxylation sites is 4. The fourth-order valence-electron chi connectivity index (χ4n) is 2.11. The molecule has 2 nitrogen and oxygen atoms in total. The summed E-state index contributed by atoms with van der Waals surface area (Å²) in [6.07, 6.45) is 0. The van der Waals surface area contributed by atoms with Gasteiger partial charge in [-0.05, 0) is 24.3 Å². The average Bonchev–Trinajstić information content (AvgIpc) is 2.72. The van der Waals surface area contributed by atoms with Crippen LogP contribution >= 0.6 is 0 Å². The van der Waals surface area contributed by atoms with Gasteiger partial charge in [0.25, 0.3) is 0 Å². The first kappa shape index (κ1) is 26.9. The van der Waals surface area contributed by atoms with Crippen molar-refractivity contribution in [3.8, 4) is 23.0 Å². The first-order valence-corrected chi connectivity index (χ1v) is 8.29. The fraction of sp³-hybridized carbons (Fsp3) is 0. The summed E-state index contributed by atoms with van der Waals surface area (Å²) < 4.78 is 11.0. The van der Waals surface area contributed by atoms with Crippen LogP contribution in [0.25, 0.3) is 0 Å². The van der Waals surface area contributed by atoms with Gasteiger partial charge in [0.15, 0.2) is 0 Å². The number of hydrogen-bond acceptors (Lipinski definition) is 2. The van der Waals surface area contributed by atoms with Gasteiger partial charge in [-0.1, -0.05) is 36.4 Å². The zero-order valence-corrected chi connectivity index (χ0v) is 19.4. The van der Waals surface area contributed by atoms with E-state index in [-0.39, 0.29) is 51.0 Å². The van der Waals surface area contributed by atoms with E-state index in [1.165, 1.54) is 0 Å². The Hall–Kier alpha value is -2.06. The number of hydrogen-bond donors (Lipinski definition) is 0. The van der Waals surface area contributed by atoms with Gasteiger partial charge in [0.2, 0.25) is 0 Å². The molecule has 29 heavy (non-hydrogen) atoms. The standard InChI is InChI=1S/2C12H9O.2ClH.Zr/c2*1-3-7-11(8-4-1)13-12-9-5-2-6-10-12;;;/h2*1-9H;2*1H;/q2*-1;;;+4/p-2. The summed E-state index contributed by atoms with van der Waals surface area (Å²) in [6, 6.07) is 40.5. The molecule has 0 spiro atoms. The van der Waals surface area contributed by atoms with Gasteiger partial charge in [-0.15, -0.1) is 24.3 Å². The molecule has 0 aliphatic carbocycles. The van der Waals surface area contributed by atoms with Crippen molar-refractivity contribution in [3.63, 3.8) is 0 Å². The summed E-state index contributed by atoms with van der Waals surface area (Å²) in [5.74, 6) is 3.16. The van der Waals surface area contributed by atoms with Crippen LogP contribution in [0, 0.1) is 12.1 Å². The molecule has 0 fully saturated rings. The maximum atomic E-state index is 5.52. The molecule has 0 N–H and O–H groups in total. The predicted molar refractivity (Wildman–Crippen MR) is 104 cm³/mol. The van der Waals surface area contributed by atoms with Crippen molar-refractivity contribution in [2.75, 3.05) is 0 Å². The van der Waals surface area contributed by atoms with Crippen LogP contribution in [0.3, 0.4) is 0 Å². The molecule has 0 saturated carbocycles. The number of ether oxygens (including phenoxy) is 2. The van der Waals surface area contributed by atoms with Crippen LogP contribution in [0.4, 0.5) is 0 Å². The number of rotatable bonds is 4. The molecule has 4 aromatic carbocycles. The molecule has 0 aromatic heterocycles. The summed E-state index contributed by atoms with van der Waals surface area (Å²) >= 11 is 0. The van der Waals surface area contributed by atoms with Gasteiger partial charge in [0, 0.05) is 11.5 Å². The molecule has 0 saturated heterocycles. The van der Waals surface area contributed by atoms with Gasteiger partial charge < -0.3 is 34.3 Å². The summed E-state index contributed by atoms with van der Waals surface area (Å²) in [5, 5.41) is 0. The largest absolute Gasteiger partial charge is 4.00 e. The van der Waals surface area contributed by atoms with E-state index >= 15 is 0 Å². The summed E-state index contributed by atoms with van der Waals surface area (Å²) in [5.41, 5.74) is 0. The topological polar surface area (TPSA) is 18.5 Å². The minimum atomic E-state index is 0. The van der Waals surface area contributed by atoms with Crippen molar-refractivity contribution < 1.29 is 60.5 Å². The van der Waals surface area contributed by atoms with E-state index in [1.54, 1.807) is 0 Å². The Balaban J connectivity index is 0.000000490. The molecule has 0 atom stereocenters. The molecule has 0 aliphatic heterocycles. The number of benzene rings is 4. The van der Waals surface area contributed by atoms with Crippen LogP contribution in [-0.2, 0) is 26.2 Å².